The molecule has 108 valence electrons. The lowest BCUT2D eigenvalue weighted by molar-refractivity contribution is 0.326. The SMILES string of the molecule is C=CCCC=C(CO)CCC=C(C)CCC=C(C)C. The van der Waals surface area contributed by atoms with E-state index in [2.05, 4.69) is 45.6 Å². The fourth-order valence-electron chi connectivity index (χ4n) is 1.85. The molecule has 0 unspecified atom stereocenters. The molecule has 0 aliphatic carbocycles. The van der Waals surface area contributed by atoms with Crippen molar-refractivity contribution in [1.82, 2.24) is 0 Å². The average molecular weight is 262 g/mol. The summed E-state index contributed by atoms with van der Waals surface area (Å²) < 4.78 is 0. The molecule has 1 N–H and O–H groups in total. The molecule has 0 aromatic heterocycles. The number of hydrogen-bond acceptors (Lipinski definition) is 1. The van der Waals surface area contributed by atoms with E-state index in [-0.39, 0.29) is 6.61 Å². The Morgan fingerprint density at radius 1 is 0.895 bits per heavy atom. The van der Waals surface area contributed by atoms with Crippen LogP contribution in [0.3, 0.4) is 0 Å². The Kier molecular flexibility index (Phi) is 11.3. The smallest absolute Gasteiger partial charge is 0.0641 e. The molecule has 0 radical (unpaired) electrons. The Labute approximate surface area is 119 Å². The van der Waals surface area contributed by atoms with Crippen LogP contribution in [0, 0.1) is 0 Å². The predicted molar refractivity (Wildman–Crippen MR) is 86.3 cm³/mol. The Balaban J connectivity index is 3.99. The van der Waals surface area contributed by atoms with Gasteiger partial charge in [-0.15, -0.1) is 6.58 Å². The Morgan fingerprint density at radius 2 is 1.58 bits per heavy atom. The predicted octanol–water partition coefficient (Wildman–Crippen LogP) is 5.34. The average Bonchev–Trinajstić information content (AvgIpc) is 2.36. The van der Waals surface area contributed by atoms with Gasteiger partial charge in [0.15, 0.2) is 0 Å². The molecule has 0 atom stereocenters. The van der Waals surface area contributed by atoms with Crippen LogP contribution in [-0.2, 0) is 0 Å². The summed E-state index contributed by atoms with van der Waals surface area (Å²) in [5.41, 5.74) is 3.98. The minimum atomic E-state index is 0.182. The van der Waals surface area contributed by atoms with E-state index >= 15 is 0 Å². The summed E-state index contributed by atoms with van der Waals surface area (Å²) in [4.78, 5) is 0. The van der Waals surface area contributed by atoms with Gasteiger partial charge in [0.05, 0.1) is 6.61 Å². The van der Waals surface area contributed by atoms with Gasteiger partial charge >= 0.3 is 0 Å². The highest BCUT2D eigenvalue weighted by molar-refractivity contribution is 5.07. The van der Waals surface area contributed by atoms with Gasteiger partial charge in [0.1, 0.15) is 0 Å². The zero-order chi connectivity index (χ0) is 14.5. The Bertz CT molecular complexity index is 328. The summed E-state index contributed by atoms with van der Waals surface area (Å²) in [6.07, 6.45) is 14.9. The van der Waals surface area contributed by atoms with Crippen LogP contribution in [0.2, 0.25) is 0 Å². The number of rotatable bonds is 10. The summed E-state index contributed by atoms with van der Waals surface area (Å²) in [5, 5.41) is 9.27. The van der Waals surface area contributed by atoms with Crippen LogP contribution in [0.1, 0.15) is 59.3 Å². The first-order valence-corrected chi connectivity index (χ1v) is 7.28. The maximum Gasteiger partial charge on any atom is 0.0641 e. The second kappa shape index (κ2) is 12.0. The van der Waals surface area contributed by atoms with Crippen molar-refractivity contribution in [3.8, 4) is 0 Å². The highest BCUT2D eigenvalue weighted by atomic mass is 16.3. The van der Waals surface area contributed by atoms with E-state index in [9.17, 15) is 5.11 Å². The minimum absolute atomic E-state index is 0.182. The van der Waals surface area contributed by atoms with Gasteiger partial charge in [-0.25, -0.2) is 0 Å². The van der Waals surface area contributed by atoms with Crippen molar-refractivity contribution < 1.29 is 5.11 Å². The molecule has 0 fully saturated rings. The van der Waals surface area contributed by atoms with Gasteiger partial charge in [-0.05, 0) is 64.9 Å². The zero-order valence-electron chi connectivity index (χ0n) is 12.9. The van der Waals surface area contributed by atoms with E-state index in [0.29, 0.717) is 0 Å². The van der Waals surface area contributed by atoms with Crippen molar-refractivity contribution in [2.75, 3.05) is 6.61 Å². The fourth-order valence-corrected chi connectivity index (χ4v) is 1.85. The molecule has 0 aromatic carbocycles. The number of allylic oxidation sites excluding steroid dienone is 6. The van der Waals surface area contributed by atoms with E-state index in [1.54, 1.807) is 0 Å². The topological polar surface area (TPSA) is 20.2 Å². The Hall–Kier alpha value is -1.08. The molecule has 0 heterocycles. The van der Waals surface area contributed by atoms with Crippen molar-refractivity contribution >= 4 is 0 Å². The van der Waals surface area contributed by atoms with E-state index < -0.39 is 0 Å². The molecule has 0 saturated heterocycles. The van der Waals surface area contributed by atoms with Crippen molar-refractivity contribution in [1.29, 1.82) is 0 Å². The molecule has 0 aromatic rings. The summed E-state index contributed by atoms with van der Waals surface area (Å²) in [7, 11) is 0. The van der Waals surface area contributed by atoms with Gasteiger partial charge in [0.2, 0.25) is 0 Å². The van der Waals surface area contributed by atoms with Crippen molar-refractivity contribution in [2.45, 2.75) is 59.3 Å². The van der Waals surface area contributed by atoms with Crippen LogP contribution >= 0.6 is 0 Å². The van der Waals surface area contributed by atoms with E-state index in [4.69, 9.17) is 0 Å². The minimum Gasteiger partial charge on any atom is -0.392 e. The molecule has 0 aliphatic rings. The lowest BCUT2D eigenvalue weighted by Gasteiger charge is -2.03. The van der Waals surface area contributed by atoms with Crippen LogP contribution in [-0.4, -0.2) is 11.7 Å². The van der Waals surface area contributed by atoms with Crippen LogP contribution in [0.15, 0.2) is 47.6 Å². The van der Waals surface area contributed by atoms with Gasteiger partial charge < -0.3 is 5.11 Å². The molecular weight excluding hydrogens is 232 g/mol. The van der Waals surface area contributed by atoms with Crippen LogP contribution in [0.4, 0.5) is 0 Å². The maximum absolute atomic E-state index is 9.27. The normalized spacial score (nSPS) is 12.4. The Morgan fingerprint density at radius 3 is 2.16 bits per heavy atom. The molecule has 0 rings (SSSR count). The molecule has 0 saturated carbocycles. The monoisotopic (exact) mass is 262 g/mol. The van der Waals surface area contributed by atoms with Gasteiger partial charge in [-0.1, -0.05) is 35.5 Å². The van der Waals surface area contributed by atoms with Crippen molar-refractivity contribution in [3.05, 3.63) is 47.6 Å². The molecule has 1 heteroatoms. The third kappa shape index (κ3) is 11.7. The fraction of sp³-hybridized carbons (Fsp3) is 0.556. The summed E-state index contributed by atoms with van der Waals surface area (Å²) >= 11 is 0. The first-order valence-electron chi connectivity index (χ1n) is 7.28. The number of unbranched alkanes of at least 4 members (excludes halogenated alkanes) is 1. The highest BCUT2D eigenvalue weighted by Crippen LogP contribution is 2.12. The largest absolute Gasteiger partial charge is 0.392 e. The zero-order valence-corrected chi connectivity index (χ0v) is 12.9. The summed E-state index contributed by atoms with van der Waals surface area (Å²) in [5.74, 6) is 0. The third-order valence-corrected chi connectivity index (χ3v) is 3.06. The van der Waals surface area contributed by atoms with Crippen LogP contribution in [0.5, 0.6) is 0 Å². The number of hydrogen-bond donors (Lipinski definition) is 1. The van der Waals surface area contributed by atoms with Crippen LogP contribution < -0.4 is 0 Å². The molecule has 19 heavy (non-hydrogen) atoms. The van der Waals surface area contributed by atoms with E-state index in [1.165, 1.54) is 11.1 Å². The van der Waals surface area contributed by atoms with E-state index in [1.807, 2.05) is 6.08 Å². The maximum atomic E-state index is 9.27. The van der Waals surface area contributed by atoms with Crippen molar-refractivity contribution in [2.24, 2.45) is 0 Å². The second-order valence-electron chi connectivity index (χ2n) is 5.30. The van der Waals surface area contributed by atoms with Crippen LogP contribution in [0.25, 0.3) is 0 Å². The third-order valence-electron chi connectivity index (χ3n) is 3.06. The molecular formula is C18H30O. The standard InChI is InChI=1S/C18H30O/c1-5-6-7-13-18(15-19)14-9-12-17(4)11-8-10-16(2)3/h5,10,12-13,19H,1,6-9,11,14-15H2,2-4H3. The molecule has 0 spiro atoms. The molecule has 1 nitrogen and oxygen atoms in total. The van der Waals surface area contributed by atoms with Gasteiger partial charge in [0.25, 0.3) is 0 Å². The lowest BCUT2D eigenvalue weighted by atomic mass is 10.1. The van der Waals surface area contributed by atoms with Gasteiger partial charge in [-0.2, -0.15) is 0 Å². The lowest BCUT2D eigenvalue weighted by Crippen LogP contribution is -1.90. The molecule has 0 bridgehead atoms. The second-order valence-corrected chi connectivity index (χ2v) is 5.30. The van der Waals surface area contributed by atoms with E-state index in [0.717, 1.165) is 44.1 Å². The first-order chi connectivity index (χ1) is 9.10. The summed E-state index contributed by atoms with van der Waals surface area (Å²) in [6.45, 7) is 10.4. The highest BCUT2D eigenvalue weighted by Gasteiger charge is 1.95. The number of aliphatic hydroxyl groups excluding tert-OH is 1. The van der Waals surface area contributed by atoms with Gasteiger partial charge in [-0.3, -0.25) is 0 Å². The quantitative estimate of drug-likeness (QED) is 0.416. The van der Waals surface area contributed by atoms with Crippen molar-refractivity contribution in [3.63, 3.8) is 0 Å². The molecule has 0 amide bonds. The van der Waals surface area contributed by atoms with Gasteiger partial charge in [0, 0.05) is 0 Å². The first kappa shape index (κ1) is 17.9. The number of aliphatic hydroxyl groups is 1. The summed E-state index contributed by atoms with van der Waals surface area (Å²) in [6, 6.07) is 0. The molecule has 0 aliphatic heterocycles.